The molecule has 2 aromatic rings. The van der Waals surface area contributed by atoms with Crippen LogP contribution >= 0.6 is 11.8 Å². The smallest absolute Gasteiger partial charge is 0.234 e. The molecule has 1 amide bonds. The van der Waals surface area contributed by atoms with E-state index < -0.39 is 9.84 Å². The molecular formula is C23H27N3O3S2. The second kappa shape index (κ2) is 8.31. The highest BCUT2D eigenvalue weighted by Gasteiger charge is 2.47. The first-order valence-electron chi connectivity index (χ1n) is 10.3. The number of fused-ring (bicyclic) bond motifs is 1. The number of aliphatic imine (C=N–C) groups is 1. The molecule has 1 saturated heterocycles. The lowest BCUT2D eigenvalue weighted by Gasteiger charge is -2.28. The van der Waals surface area contributed by atoms with E-state index in [4.69, 9.17) is 4.99 Å². The van der Waals surface area contributed by atoms with Crippen molar-refractivity contribution in [3.63, 3.8) is 0 Å². The Kier molecular flexibility index (Phi) is 5.87. The second-order valence-electron chi connectivity index (χ2n) is 8.44. The number of nitrogens with one attached hydrogen (secondary N) is 1. The Labute approximate surface area is 188 Å². The standard InChI is InChI=1S/C23H27N3O3S2/c1-14-6-8-20(17(4)9-14)26-21-13-31(28,29)12-19(21)25-23(26)30-11-22(27)24-18-10-15(2)5-7-16(18)3/h5-10,19,21H,11-13H2,1-4H3,(H,24,27)/t19-,21+/m0/s1. The summed E-state index contributed by atoms with van der Waals surface area (Å²) < 4.78 is 24.5. The van der Waals surface area contributed by atoms with Gasteiger partial charge in [0.25, 0.3) is 0 Å². The largest absolute Gasteiger partial charge is 0.325 e. The SMILES string of the molecule is Cc1ccc(N2C(SCC(=O)Nc3cc(C)ccc3C)=N[C@H]3CS(=O)(=O)C[C@H]32)c(C)c1. The zero-order valence-corrected chi connectivity index (χ0v) is 19.8. The van der Waals surface area contributed by atoms with Crippen LogP contribution in [0.3, 0.4) is 0 Å². The Morgan fingerprint density at radius 2 is 1.77 bits per heavy atom. The van der Waals surface area contributed by atoms with Gasteiger partial charge in [-0.1, -0.05) is 41.6 Å². The molecule has 31 heavy (non-hydrogen) atoms. The van der Waals surface area contributed by atoms with E-state index in [1.165, 1.54) is 11.8 Å². The maximum absolute atomic E-state index is 12.6. The number of amidine groups is 1. The van der Waals surface area contributed by atoms with Gasteiger partial charge in [0.15, 0.2) is 15.0 Å². The van der Waals surface area contributed by atoms with Gasteiger partial charge < -0.3 is 10.2 Å². The molecule has 2 aliphatic rings. The number of nitrogens with zero attached hydrogens (tertiary/aromatic N) is 2. The summed E-state index contributed by atoms with van der Waals surface area (Å²) in [6, 6.07) is 11.6. The number of aryl methyl sites for hydroxylation is 4. The van der Waals surface area contributed by atoms with Crippen molar-refractivity contribution in [2.75, 3.05) is 27.5 Å². The molecule has 2 aliphatic heterocycles. The maximum atomic E-state index is 12.6. The molecule has 8 heteroatoms. The molecule has 0 aromatic heterocycles. The lowest BCUT2D eigenvalue weighted by atomic mass is 10.1. The van der Waals surface area contributed by atoms with E-state index in [0.717, 1.165) is 33.6 Å². The molecule has 6 nitrogen and oxygen atoms in total. The molecule has 0 radical (unpaired) electrons. The zero-order chi connectivity index (χ0) is 22.3. The minimum absolute atomic E-state index is 0.0673. The predicted molar refractivity (Wildman–Crippen MR) is 129 cm³/mol. The number of sulfone groups is 1. The summed E-state index contributed by atoms with van der Waals surface area (Å²) in [7, 11) is -3.11. The fourth-order valence-electron chi connectivity index (χ4n) is 4.18. The van der Waals surface area contributed by atoms with Crippen LogP contribution in [-0.4, -0.2) is 48.8 Å². The van der Waals surface area contributed by atoms with E-state index in [0.29, 0.717) is 5.17 Å². The van der Waals surface area contributed by atoms with Crippen LogP contribution < -0.4 is 10.2 Å². The van der Waals surface area contributed by atoms with E-state index in [2.05, 4.69) is 11.4 Å². The highest BCUT2D eigenvalue weighted by Crippen LogP contribution is 2.36. The summed E-state index contributed by atoms with van der Waals surface area (Å²) in [4.78, 5) is 19.4. The first kappa shape index (κ1) is 21.9. The summed E-state index contributed by atoms with van der Waals surface area (Å²) >= 11 is 1.36. The Morgan fingerprint density at radius 1 is 1.06 bits per heavy atom. The number of carbonyl (C=O) groups is 1. The molecule has 2 heterocycles. The fraction of sp³-hybridized carbons (Fsp3) is 0.391. The average Bonchev–Trinajstić information content (AvgIpc) is 3.14. The number of anilines is 2. The Morgan fingerprint density at radius 3 is 2.52 bits per heavy atom. The van der Waals surface area contributed by atoms with Crippen LogP contribution in [0, 0.1) is 27.7 Å². The summed E-state index contributed by atoms with van der Waals surface area (Å²) in [5.74, 6) is 0.261. The van der Waals surface area contributed by atoms with Crippen molar-refractivity contribution in [2.24, 2.45) is 4.99 Å². The first-order valence-corrected chi connectivity index (χ1v) is 13.1. The Hall–Kier alpha value is -2.32. The van der Waals surface area contributed by atoms with E-state index in [1.807, 2.05) is 62.9 Å². The van der Waals surface area contributed by atoms with Crippen molar-refractivity contribution in [3.8, 4) is 0 Å². The van der Waals surface area contributed by atoms with Gasteiger partial charge >= 0.3 is 0 Å². The minimum atomic E-state index is -3.11. The summed E-state index contributed by atoms with van der Waals surface area (Å²) in [6.07, 6.45) is 0. The monoisotopic (exact) mass is 457 g/mol. The number of rotatable bonds is 4. The van der Waals surface area contributed by atoms with Crippen LogP contribution in [0.5, 0.6) is 0 Å². The van der Waals surface area contributed by atoms with E-state index in [9.17, 15) is 13.2 Å². The van der Waals surface area contributed by atoms with Gasteiger partial charge in [0.2, 0.25) is 5.91 Å². The molecule has 2 aromatic carbocycles. The number of amides is 1. The third-order valence-electron chi connectivity index (χ3n) is 5.72. The normalized spacial score (nSPS) is 21.7. The predicted octanol–water partition coefficient (Wildman–Crippen LogP) is 3.63. The van der Waals surface area contributed by atoms with E-state index >= 15 is 0 Å². The van der Waals surface area contributed by atoms with Crippen LogP contribution in [0.25, 0.3) is 0 Å². The maximum Gasteiger partial charge on any atom is 0.234 e. The molecule has 1 N–H and O–H groups in total. The van der Waals surface area contributed by atoms with Crippen molar-refractivity contribution >= 4 is 44.0 Å². The van der Waals surface area contributed by atoms with Gasteiger partial charge in [-0.15, -0.1) is 0 Å². The lowest BCUT2D eigenvalue weighted by Crippen LogP contribution is -2.39. The number of hydrogen-bond acceptors (Lipinski definition) is 6. The third-order valence-corrected chi connectivity index (χ3v) is 8.38. The van der Waals surface area contributed by atoms with Crippen LogP contribution in [0.1, 0.15) is 22.3 Å². The molecular weight excluding hydrogens is 430 g/mol. The minimum Gasteiger partial charge on any atom is -0.325 e. The van der Waals surface area contributed by atoms with Crippen LogP contribution in [0.4, 0.5) is 11.4 Å². The molecule has 0 unspecified atom stereocenters. The van der Waals surface area contributed by atoms with Gasteiger partial charge in [-0.05, 0) is 56.5 Å². The fourth-order valence-corrected chi connectivity index (χ4v) is 6.94. The summed E-state index contributed by atoms with van der Waals surface area (Å²) in [6.45, 7) is 8.01. The Balaban J connectivity index is 1.54. The lowest BCUT2D eigenvalue weighted by molar-refractivity contribution is -0.113. The first-order chi connectivity index (χ1) is 14.6. The summed E-state index contributed by atoms with van der Waals surface area (Å²) in [5.41, 5.74) is 6.08. The van der Waals surface area contributed by atoms with E-state index in [1.54, 1.807) is 0 Å². The molecule has 0 aliphatic carbocycles. The molecule has 0 bridgehead atoms. The third kappa shape index (κ3) is 4.65. The molecule has 2 atom stereocenters. The van der Waals surface area contributed by atoms with Gasteiger partial charge in [-0.25, -0.2) is 8.42 Å². The van der Waals surface area contributed by atoms with Gasteiger partial charge in [0.1, 0.15) is 0 Å². The number of benzene rings is 2. The van der Waals surface area contributed by atoms with Crippen LogP contribution in [0.15, 0.2) is 41.4 Å². The van der Waals surface area contributed by atoms with Crippen molar-refractivity contribution in [3.05, 3.63) is 58.7 Å². The van der Waals surface area contributed by atoms with Gasteiger partial charge in [0, 0.05) is 11.4 Å². The van der Waals surface area contributed by atoms with Crippen molar-refractivity contribution in [2.45, 2.75) is 39.8 Å². The summed E-state index contributed by atoms with van der Waals surface area (Å²) in [5, 5.41) is 3.70. The highest BCUT2D eigenvalue weighted by atomic mass is 32.2. The van der Waals surface area contributed by atoms with Gasteiger partial charge in [0.05, 0.1) is 29.3 Å². The van der Waals surface area contributed by atoms with Crippen LogP contribution in [0.2, 0.25) is 0 Å². The Bertz CT molecular complexity index is 1170. The topological polar surface area (TPSA) is 78.8 Å². The van der Waals surface area contributed by atoms with Gasteiger partial charge in [-0.3, -0.25) is 9.79 Å². The number of thioether (sulfide) groups is 1. The molecule has 4 rings (SSSR count). The second-order valence-corrected chi connectivity index (χ2v) is 11.5. The highest BCUT2D eigenvalue weighted by molar-refractivity contribution is 8.14. The zero-order valence-electron chi connectivity index (χ0n) is 18.2. The van der Waals surface area contributed by atoms with Crippen molar-refractivity contribution < 1.29 is 13.2 Å². The molecule has 1 fully saturated rings. The number of carbonyl (C=O) groups excluding carboxylic acids is 1. The van der Waals surface area contributed by atoms with E-state index in [-0.39, 0.29) is 35.2 Å². The average molecular weight is 458 g/mol. The molecule has 0 spiro atoms. The van der Waals surface area contributed by atoms with Gasteiger partial charge in [-0.2, -0.15) is 0 Å². The van der Waals surface area contributed by atoms with Crippen molar-refractivity contribution in [1.82, 2.24) is 0 Å². The molecule has 164 valence electrons. The number of hydrogen-bond donors (Lipinski definition) is 1. The van der Waals surface area contributed by atoms with Crippen molar-refractivity contribution in [1.29, 1.82) is 0 Å². The molecule has 0 saturated carbocycles. The van der Waals surface area contributed by atoms with Crippen LogP contribution in [-0.2, 0) is 14.6 Å². The quantitative estimate of drug-likeness (QED) is 0.758.